The molecule has 0 saturated carbocycles. The highest BCUT2D eigenvalue weighted by atomic mass is 35.5. The van der Waals surface area contributed by atoms with Gasteiger partial charge >= 0.3 is 0 Å². The van der Waals surface area contributed by atoms with E-state index in [9.17, 15) is 18.7 Å². The van der Waals surface area contributed by atoms with Gasteiger partial charge in [0.2, 0.25) is 0 Å². The van der Waals surface area contributed by atoms with Crippen LogP contribution in [0.25, 0.3) is 0 Å². The summed E-state index contributed by atoms with van der Waals surface area (Å²) in [6.45, 7) is 1.36. The molecule has 0 bridgehead atoms. The fourth-order valence-electron chi connectivity index (χ4n) is 1.02. The predicted molar refractivity (Wildman–Crippen MR) is 51.0 cm³/mol. The molecule has 0 amide bonds. The Balaban J connectivity index is 3.39. The van der Waals surface area contributed by atoms with Crippen LogP contribution in [-0.4, -0.2) is 16.9 Å². The zero-order valence-corrected chi connectivity index (χ0v) is 8.48. The molecule has 0 spiro atoms. The second kappa shape index (κ2) is 4.12. The monoisotopic (exact) mass is 235 g/mol. The van der Waals surface area contributed by atoms with E-state index >= 15 is 0 Å². The Morgan fingerprint density at radius 3 is 2.60 bits per heavy atom. The summed E-state index contributed by atoms with van der Waals surface area (Å²) in [5.74, 6) is -4.21. The molecular formula is C9H8ClF2NO2. The van der Waals surface area contributed by atoms with Crippen LogP contribution in [0.3, 0.4) is 0 Å². The number of rotatable bonds is 2. The zero-order chi connectivity index (χ0) is 11.7. The van der Waals surface area contributed by atoms with Gasteiger partial charge in [-0.1, -0.05) is 11.6 Å². The van der Waals surface area contributed by atoms with Gasteiger partial charge in [0, 0.05) is 0 Å². The summed E-state index contributed by atoms with van der Waals surface area (Å²) in [6.07, 6.45) is 0. The van der Waals surface area contributed by atoms with Gasteiger partial charge in [0.15, 0.2) is 17.4 Å². The molecule has 3 nitrogen and oxygen atoms in total. The van der Waals surface area contributed by atoms with Crippen molar-refractivity contribution in [2.45, 2.75) is 13.0 Å². The van der Waals surface area contributed by atoms with Gasteiger partial charge in [-0.2, -0.15) is 0 Å². The predicted octanol–water partition coefficient (Wildman–Crippen LogP) is 1.85. The number of carbonyl (C=O) groups is 1. The van der Waals surface area contributed by atoms with Gasteiger partial charge in [0.1, 0.15) is 10.8 Å². The molecule has 1 aromatic rings. The molecule has 1 aromatic carbocycles. The average Bonchev–Trinajstić information content (AvgIpc) is 2.19. The highest BCUT2D eigenvalue weighted by Crippen LogP contribution is 2.32. The van der Waals surface area contributed by atoms with Gasteiger partial charge in [0.25, 0.3) is 0 Å². The van der Waals surface area contributed by atoms with Gasteiger partial charge in [-0.3, -0.25) is 4.79 Å². The maximum absolute atomic E-state index is 12.9. The molecule has 0 heterocycles. The number of Topliss-reactive ketones (excluding diaryl/α,β-unsaturated/α-hetero) is 1. The van der Waals surface area contributed by atoms with E-state index in [-0.39, 0.29) is 0 Å². The van der Waals surface area contributed by atoms with E-state index in [4.69, 9.17) is 17.3 Å². The van der Waals surface area contributed by atoms with Crippen LogP contribution in [0.4, 0.5) is 8.78 Å². The number of aromatic hydroxyl groups is 1. The number of hydrogen-bond acceptors (Lipinski definition) is 3. The lowest BCUT2D eigenvalue weighted by Crippen LogP contribution is -2.27. The van der Waals surface area contributed by atoms with Gasteiger partial charge in [-0.15, -0.1) is 0 Å². The first-order valence-corrected chi connectivity index (χ1v) is 4.40. The first kappa shape index (κ1) is 11.9. The van der Waals surface area contributed by atoms with Crippen LogP contribution >= 0.6 is 11.6 Å². The smallest absolute Gasteiger partial charge is 0.183 e. The Kier molecular flexibility index (Phi) is 3.26. The molecule has 0 aliphatic carbocycles. The maximum Gasteiger partial charge on any atom is 0.183 e. The molecule has 1 atom stereocenters. The molecule has 1 rings (SSSR count). The molecule has 0 saturated heterocycles. The maximum atomic E-state index is 12.9. The third-order valence-electron chi connectivity index (χ3n) is 1.82. The second-order valence-electron chi connectivity index (χ2n) is 3.04. The SMILES string of the molecule is CC(N)C(=O)c1cc(F)c(F)c(Cl)c1O. The van der Waals surface area contributed by atoms with Crippen LogP contribution < -0.4 is 5.73 Å². The van der Waals surface area contributed by atoms with Crippen LogP contribution in [0.15, 0.2) is 6.07 Å². The summed E-state index contributed by atoms with van der Waals surface area (Å²) >= 11 is 5.28. The number of benzene rings is 1. The lowest BCUT2D eigenvalue weighted by molar-refractivity contribution is 0.0964. The summed E-state index contributed by atoms with van der Waals surface area (Å²) in [6, 6.07) is -0.362. The van der Waals surface area contributed by atoms with Crippen LogP contribution in [0.5, 0.6) is 5.75 Å². The molecule has 0 aromatic heterocycles. The van der Waals surface area contributed by atoms with Gasteiger partial charge in [-0.05, 0) is 13.0 Å². The third-order valence-corrected chi connectivity index (χ3v) is 2.16. The van der Waals surface area contributed by atoms with E-state index in [0.29, 0.717) is 6.07 Å². The van der Waals surface area contributed by atoms with Crippen LogP contribution in [0.1, 0.15) is 17.3 Å². The quantitative estimate of drug-likeness (QED) is 0.607. The summed E-state index contributed by atoms with van der Waals surface area (Å²) < 4.78 is 25.7. The van der Waals surface area contributed by atoms with Crippen LogP contribution in [0.2, 0.25) is 5.02 Å². The fourth-order valence-corrected chi connectivity index (χ4v) is 1.21. The van der Waals surface area contributed by atoms with Crippen molar-refractivity contribution in [2.75, 3.05) is 0 Å². The van der Waals surface area contributed by atoms with Crippen molar-refractivity contribution < 1.29 is 18.7 Å². The molecule has 0 fully saturated rings. The highest BCUT2D eigenvalue weighted by molar-refractivity contribution is 6.32. The molecule has 3 N–H and O–H groups in total. The van der Waals surface area contributed by atoms with E-state index < -0.39 is 39.8 Å². The lowest BCUT2D eigenvalue weighted by atomic mass is 10.0. The first-order chi connectivity index (χ1) is 6.86. The van der Waals surface area contributed by atoms with E-state index in [1.807, 2.05) is 0 Å². The van der Waals surface area contributed by atoms with Crippen molar-refractivity contribution in [1.29, 1.82) is 0 Å². The zero-order valence-electron chi connectivity index (χ0n) is 7.72. The Labute approximate surface area is 89.5 Å². The Morgan fingerprint density at radius 1 is 1.60 bits per heavy atom. The van der Waals surface area contributed by atoms with Crippen molar-refractivity contribution in [3.05, 3.63) is 28.3 Å². The fraction of sp³-hybridized carbons (Fsp3) is 0.222. The van der Waals surface area contributed by atoms with Crippen molar-refractivity contribution in [1.82, 2.24) is 0 Å². The third kappa shape index (κ3) is 2.08. The normalized spacial score (nSPS) is 12.6. The summed E-state index contributed by atoms with van der Waals surface area (Å²) in [4.78, 5) is 11.3. The largest absolute Gasteiger partial charge is 0.506 e. The Hall–Kier alpha value is -1.20. The molecule has 1 unspecified atom stereocenters. The topological polar surface area (TPSA) is 63.3 Å². The molecule has 0 aliphatic rings. The minimum Gasteiger partial charge on any atom is -0.506 e. The van der Waals surface area contributed by atoms with Gasteiger partial charge in [-0.25, -0.2) is 8.78 Å². The Morgan fingerprint density at radius 2 is 2.13 bits per heavy atom. The molecule has 82 valence electrons. The van der Waals surface area contributed by atoms with Crippen LogP contribution in [-0.2, 0) is 0 Å². The van der Waals surface area contributed by atoms with Gasteiger partial charge in [0.05, 0.1) is 11.6 Å². The van der Waals surface area contributed by atoms with E-state index in [0.717, 1.165) is 0 Å². The number of phenolic OH excluding ortho intramolecular Hbond substituents is 1. The van der Waals surface area contributed by atoms with Crippen molar-refractivity contribution in [2.24, 2.45) is 5.73 Å². The molecule has 0 aliphatic heterocycles. The minimum atomic E-state index is -1.39. The lowest BCUT2D eigenvalue weighted by Gasteiger charge is -2.08. The standard InChI is InChI=1S/C9H8ClF2NO2/c1-3(13)8(14)4-2-5(11)7(12)6(10)9(4)15/h2-3,15H,13H2,1H3. The molecule has 6 heteroatoms. The number of ketones is 1. The first-order valence-electron chi connectivity index (χ1n) is 4.02. The number of nitrogens with two attached hydrogens (primary N) is 1. The van der Waals surface area contributed by atoms with E-state index in [2.05, 4.69) is 0 Å². The summed E-state index contributed by atoms with van der Waals surface area (Å²) in [5, 5.41) is 8.49. The summed E-state index contributed by atoms with van der Waals surface area (Å²) in [7, 11) is 0. The minimum absolute atomic E-state index is 0.422. The number of halogens is 3. The number of hydrogen-bond donors (Lipinski definition) is 2. The second-order valence-corrected chi connectivity index (χ2v) is 3.41. The van der Waals surface area contributed by atoms with Crippen molar-refractivity contribution in [3.8, 4) is 5.75 Å². The molecule has 0 radical (unpaired) electrons. The van der Waals surface area contributed by atoms with Crippen molar-refractivity contribution >= 4 is 17.4 Å². The number of phenols is 1. The Bertz CT molecular complexity index is 421. The van der Waals surface area contributed by atoms with E-state index in [1.165, 1.54) is 6.92 Å². The van der Waals surface area contributed by atoms with Crippen LogP contribution in [0, 0.1) is 11.6 Å². The van der Waals surface area contributed by atoms with E-state index in [1.54, 1.807) is 0 Å². The number of carbonyl (C=O) groups excluding carboxylic acids is 1. The van der Waals surface area contributed by atoms with Crippen molar-refractivity contribution in [3.63, 3.8) is 0 Å². The molecule has 15 heavy (non-hydrogen) atoms. The van der Waals surface area contributed by atoms with Gasteiger partial charge < -0.3 is 10.8 Å². The average molecular weight is 236 g/mol. The summed E-state index contributed by atoms with van der Waals surface area (Å²) in [5.41, 5.74) is 4.83. The highest BCUT2D eigenvalue weighted by Gasteiger charge is 2.22. The molecular weight excluding hydrogens is 228 g/mol.